The highest BCUT2D eigenvalue weighted by atomic mass is 79.9. The van der Waals surface area contributed by atoms with Gasteiger partial charge in [-0.1, -0.05) is 0 Å². The van der Waals surface area contributed by atoms with E-state index in [2.05, 4.69) is 15.9 Å². The summed E-state index contributed by atoms with van der Waals surface area (Å²) in [4.78, 5) is 26.0. The molecule has 1 aromatic carbocycles. The number of carbonyl (C=O) groups excluding carboxylic acids is 2. The van der Waals surface area contributed by atoms with Gasteiger partial charge in [0.1, 0.15) is 0 Å². The Morgan fingerprint density at radius 3 is 2.58 bits per heavy atom. The predicted octanol–water partition coefficient (Wildman–Crippen LogP) is 3.54. The second-order valence-electron chi connectivity index (χ2n) is 4.92. The van der Waals surface area contributed by atoms with Gasteiger partial charge in [-0.25, -0.2) is 0 Å². The molecule has 24 heavy (non-hydrogen) atoms. The minimum absolute atomic E-state index is 0.262. The van der Waals surface area contributed by atoms with Crippen molar-refractivity contribution in [2.45, 2.75) is 6.42 Å². The predicted molar refractivity (Wildman–Crippen MR) is 96.4 cm³/mol. The van der Waals surface area contributed by atoms with E-state index < -0.39 is 0 Å². The molecule has 0 aromatic heterocycles. The van der Waals surface area contributed by atoms with E-state index in [-0.39, 0.29) is 11.1 Å². The fraction of sp³-hybridized carbons (Fsp3) is 0.375. The van der Waals surface area contributed by atoms with E-state index in [0.29, 0.717) is 40.4 Å². The van der Waals surface area contributed by atoms with Crippen LogP contribution in [0.5, 0.6) is 11.5 Å². The van der Waals surface area contributed by atoms with E-state index in [1.54, 1.807) is 32.4 Å². The molecule has 0 saturated carbocycles. The van der Waals surface area contributed by atoms with Crippen LogP contribution >= 0.6 is 27.7 Å². The first-order chi connectivity index (χ1) is 11.5. The number of thioether (sulfide) groups is 1. The van der Waals surface area contributed by atoms with E-state index in [1.165, 1.54) is 12.0 Å². The lowest BCUT2D eigenvalue weighted by molar-refractivity contribution is -0.122. The molecule has 1 aliphatic rings. The molecule has 0 atom stereocenters. The number of methoxy groups -OCH3 is 3. The number of halogens is 1. The third-order valence-corrected chi connectivity index (χ3v) is 4.85. The molecule has 2 amide bonds. The molecule has 1 saturated heterocycles. The fourth-order valence-corrected chi connectivity index (χ4v) is 3.72. The standard InChI is InChI=1S/C16H18BrNO5S/c1-21-6-4-5-18-15(19)13(24-16(18)20)9-10-7-11(17)14(23-3)12(8-10)22-2/h7-9H,4-6H2,1-3H3/b13-9-. The second-order valence-corrected chi connectivity index (χ2v) is 6.77. The lowest BCUT2D eigenvalue weighted by Crippen LogP contribution is -2.29. The Morgan fingerprint density at radius 2 is 1.96 bits per heavy atom. The van der Waals surface area contributed by atoms with Crippen molar-refractivity contribution in [1.29, 1.82) is 0 Å². The van der Waals surface area contributed by atoms with Crippen LogP contribution in [0.3, 0.4) is 0 Å². The van der Waals surface area contributed by atoms with Crippen LogP contribution in [0.4, 0.5) is 4.79 Å². The van der Waals surface area contributed by atoms with Gasteiger partial charge in [0, 0.05) is 20.3 Å². The number of benzene rings is 1. The van der Waals surface area contributed by atoms with Crippen LogP contribution in [0.2, 0.25) is 0 Å². The van der Waals surface area contributed by atoms with Crippen molar-refractivity contribution < 1.29 is 23.8 Å². The number of rotatable bonds is 7. The number of hydrogen-bond donors (Lipinski definition) is 0. The van der Waals surface area contributed by atoms with Gasteiger partial charge in [-0.2, -0.15) is 0 Å². The average Bonchev–Trinajstić information content (AvgIpc) is 2.81. The molecule has 0 spiro atoms. The van der Waals surface area contributed by atoms with E-state index in [9.17, 15) is 9.59 Å². The highest BCUT2D eigenvalue weighted by Gasteiger charge is 2.34. The van der Waals surface area contributed by atoms with Crippen molar-refractivity contribution in [2.24, 2.45) is 0 Å². The lowest BCUT2D eigenvalue weighted by Gasteiger charge is -2.12. The third-order valence-electron chi connectivity index (χ3n) is 3.36. The number of hydrogen-bond acceptors (Lipinski definition) is 6. The first-order valence-corrected chi connectivity index (χ1v) is 8.78. The number of carbonyl (C=O) groups is 2. The minimum atomic E-state index is -0.285. The van der Waals surface area contributed by atoms with Crippen molar-refractivity contribution >= 4 is 44.9 Å². The molecule has 130 valence electrons. The summed E-state index contributed by atoms with van der Waals surface area (Å²) in [6, 6.07) is 3.56. The zero-order valence-electron chi connectivity index (χ0n) is 13.6. The topological polar surface area (TPSA) is 65.1 Å². The van der Waals surface area contributed by atoms with E-state index in [0.717, 1.165) is 17.3 Å². The van der Waals surface area contributed by atoms with E-state index in [1.807, 2.05) is 0 Å². The van der Waals surface area contributed by atoms with Crippen LogP contribution in [0.1, 0.15) is 12.0 Å². The summed E-state index contributed by atoms with van der Waals surface area (Å²) < 4.78 is 16.2. The summed E-state index contributed by atoms with van der Waals surface area (Å²) in [5.74, 6) is 0.826. The Labute approximate surface area is 153 Å². The Hall–Kier alpha value is -1.51. The Kier molecular flexibility index (Phi) is 6.70. The molecule has 1 aliphatic heterocycles. The Morgan fingerprint density at radius 1 is 1.21 bits per heavy atom. The highest BCUT2D eigenvalue weighted by Crippen LogP contribution is 2.38. The van der Waals surface area contributed by atoms with Crippen LogP contribution < -0.4 is 9.47 Å². The summed E-state index contributed by atoms with van der Waals surface area (Å²) in [6.07, 6.45) is 2.29. The summed E-state index contributed by atoms with van der Waals surface area (Å²) in [6.45, 7) is 0.856. The van der Waals surface area contributed by atoms with Gasteiger partial charge in [0.05, 0.1) is 23.6 Å². The Balaban J connectivity index is 2.24. The van der Waals surface area contributed by atoms with Crippen LogP contribution in [-0.2, 0) is 9.53 Å². The molecule has 2 rings (SSSR count). The number of nitrogens with zero attached hydrogens (tertiary/aromatic N) is 1. The van der Waals surface area contributed by atoms with Gasteiger partial charge in [-0.3, -0.25) is 14.5 Å². The molecule has 6 nitrogen and oxygen atoms in total. The molecule has 8 heteroatoms. The first kappa shape index (κ1) is 18.8. The van der Waals surface area contributed by atoms with Crippen molar-refractivity contribution in [2.75, 3.05) is 34.5 Å². The maximum Gasteiger partial charge on any atom is 0.293 e. The summed E-state index contributed by atoms with van der Waals surface area (Å²) >= 11 is 4.35. The van der Waals surface area contributed by atoms with Gasteiger partial charge in [-0.05, 0) is 57.9 Å². The van der Waals surface area contributed by atoms with E-state index >= 15 is 0 Å². The molecule has 1 heterocycles. The molecular weight excluding hydrogens is 398 g/mol. The molecule has 0 N–H and O–H groups in total. The molecule has 0 bridgehead atoms. The molecule has 0 radical (unpaired) electrons. The summed E-state index contributed by atoms with van der Waals surface area (Å²) in [7, 11) is 4.67. The minimum Gasteiger partial charge on any atom is -0.493 e. The number of amides is 2. The fourth-order valence-electron chi connectivity index (χ4n) is 2.23. The first-order valence-electron chi connectivity index (χ1n) is 7.17. The molecule has 1 aromatic rings. The summed E-state index contributed by atoms with van der Waals surface area (Å²) in [5.41, 5.74) is 0.738. The van der Waals surface area contributed by atoms with Crippen LogP contribution in [-0.4, -0.2) is 50.5 Å². The maximum absolute atomic E-state index is 12.4. The van der Waals surface area contributed by atoms with Gasteiger partial charge in [0.25, 0.3) is 11.1 Å². The third kappa shape index (κ3) is 4.12. The van der Waals surface area contributed by atoms with Crippen LogP contribution in [0.25, 0.3) is 6.08 Å². The zero-order valence-corrected chi connectivity index (χ0v) is 16.0. The lowest BCUT2D eigenvalue weighted by atomic mass is 10.2. The van der Waals surface area contributed by atoms with Crippen molar-refractivity contribution in [3.63, 3.8) is 0 Å². The Bertz CT molecular complexity index is 677. The maximum atomic E-state index is 12.4. The highest BCUT2D eigenvalue weighted by molar-refractivity contribution is 9.10. The van der Waals surface area contributed by atoms with E-state index in [4.69, 9.17) is 14.2 Å². The quantitative estimate of drug-likeness (QED) is 0.501. The van der Waals surface area contributed by atoms with Crippen molar-refractivity contribution in [3.8, 4) is 11.5 Å². The smallest absolute Gasteiger partial charge is 0.293 e. The van der Waals surface area contributed by atoms with Crippen LogP contribution in [0.15, 0.2) is 21.5 Å². The molecule has 0 aliphatic carbocycles. The van der Waals surface area contributed by atoms with Gasteiger partial charge in [0.2, 0.25) is 0 Å². The van der Waals surface area contributed by atoms with Crippen LogP contribution in [0, 0.1) is 0 Å². The molecule has 0 unspecified atom stereocenters. The second kappa shape index (κ2) is 8.55. The number of imide groups is 1. The molecule has 1 fully saturated rings. The largest absolute Gasteiger partial charge is 0.493 e. The normalized spacial score (nSPS) is 16.2. The number of ether oxygens (including phenoxy) is 3. The van der Waals surface area contributed by atoms with Crippen molar-refractivity contribution in [1.82, 2.24) is 4.90 Å². The molecular formula is C16H18BrNO5S. The van der Waals surface area contributed by atoms with Gasteiger partial charge in [0.15, 0.2) is 11.5 Å². The van der Waals surface area contributed by atoms with Gasteiger partial charge >= 0.3 is 0 Å². The zero-order chi connectivity index (χ0) is 17.7. The van der Waals surface area contributed by atoms with Gasteiger partial charge in [-0.15, -0.1) is 0 Å². The van der Waals surface area contributed by atoms with Gasteiger partial charge < -0.3 is 14.2 Å². The summed E-state index contributed by atoms with van der Waals surface area (Å²) in [5, 5.41) is -0.262. The average molecular weight is 416 g/mol. The SMILES string of the molecule is COCCCN1C(=O)S/C(=C\c2cc(Br)c(OC)c(OC)c2)C1=O. The van der Waals surface area contributed by atoms with Crippen molar-refractivity contribution in [3.05, 3.63) is 27.1 Å². The monoisotopic (exact) mass is 415 g/mol.